The number of aromatic amines is 1. The summed E-state index contributed by atoms with van der Waals surface area (Å²) in [4.78, 5) is 33.0. The van der Waals surface area contributed by atoms with Crippen molar-refractivity contribution in [2.24, 2.45) is 5.92 Å². The summed E-state index contributed by atoms with van der Waals surface area (Å²) in [5, 5.41) is 21.9. The molecule has 1 aliphatic heterocycles. The second-order valence-corrected chi connectivity index (χ2v) is 12.0. The smallest absolute Gasteiger partial charge is 0.271 e. The van der Waals surface area contributed by atoms with E-state index in [1.807, 2.05) is 37.2 Å². The first-order valence-electron chi connectivity index (χ1n) is 12.5. The van der Waals surface area contributed by atoms with Gasteiger partial charge in [-0.2, -0.15) is 0 Å². The lowest BCUT2D eigenvalue weighted by Gasteiger charge is -2.34. The van der Waals surface area contributed by atoms with Gasteiger partial charge in [-0.05, 0) is 61.7 Å². The van der Waals surface area contributed by atoms with Crippen LogP contribution in [0.3, 0.4) is 0 Å². The fourth-order valence-electron chi connectivity index (χ4n) is 5.43. The Labute approximate surface area is 235 Å². The summed E-state index contributed by atoms with van der Waals surface area (Å²) < 4.78 is 30.1. The number of halogens is 1. The maximum atomic E-state index is 13.8. The molecule has 5 rings (SSSR count). The van der Waals surface area contributed by atoms with Crippen molar-refractivity contribution in [1.82, 2.24) is 19.7 Å². The highest BCUT2D eigenvalue weighted by Crippen LogP contribution is 2.46. The first kappa shape index (κ1) is 28.1. The third kappa shape index (κ3) is 5.06. The van der Waals surface area contributed by atoms with E-state index >= 15 is 0 Å². The van der Waals surface area contributed by atoms with Gasteiger partial charge < -0.3 is 24.7 Å². The second-order valence-electron chi connectivity index (χ2n) is 10.1. The van der Waals surface area contributed by atoms with Gasteiger partial charge in [-0.3, -0.25) is 14.9 Å². The quantitative estimate of drug-likeness (QED) is 0.174. The van der Waals surface area contributed by atoms with Crippen LogP contribution in [0.15, 0.2) is 69.8 Å². The van der Waals surface area contributed by atoms with Gasteiger partial charge >= 0.3 is 0 Å². The third-order valence-electron chi connectivity index (χ3n) is 7.35. The summed E-state index contributed by atoms with van der Waals surface area (Å²) in [6, 6.07) is 6.61. The largest absolute Gasteiger partial charge is 0.492 e. The Hall–Kier alpha value is -3.49. The third-order valence-corrected chi connectivity index (χ3v) is 8.79. The fraction of sp³-hybridized carbons (Fsp3) is 0.346. The summed E-state index contributed by atoms with van der Waals surface area (Å²) in [6.45, 7) is 1.46. The van der Waals surface area contributed by atoms with Gasteiger partial charge in [0.2, 0.25) is 0 Å². The van der Waals surface area contributed by atoms with Crippen molar-refractivity contribution in [2.75, 3.05) is 39.7 Å². The van der Waals surface area contributed by atoms with Crippen LogP contribution >= 0.6 is 11.6 Å². The number of alkyl halides is 1. The molecule has 0 radical (unpaired) electrons. The molecule has 1 aromatic carbocycles. The van der Waals surface area contributed by atoms with Gasteiger partial charge in [-0.15, -0.1) is 11.6 Å². The van der Waals surface area contributed by atoms with E-state index in [0.717, 1.165) is 28.6 Å². The van der Waals surface area contributed by atoms with Crippen LogP contribution in [-0.2, 0) is 10.0 Å². The Morgan fingerprint density at radius 2 is 2.12 bits per heavy atom. The Balaban J connectivity index is 1.47. The molecule has 2 atom stereocenters. The molecule has 1 amide bonds. The Morgan fingerprint density at radius 3 is 2.80 bits per heavy atom. The van der Waals surface area contributed by atoms with Crippen LogP contribution in [0.1, 0.15) is 16.9 Å². The Bertz CT molecular complexity index is 1620. The zero-order valence-corrected chi connectivity index (χ0v) is 23.3. The van der Waals surface area contributed by atoms with Crippen LogP contribution in [0.4, 0.5) is 0 Å². The predicted molar refractivity (Wildman–Crippen MR) is 148 cm³/mol. The summed E-state index contributed by atoms with van der Waals surface area (Å²) >= 11 is 6.29. The zero-order chi connectivity index (χ0) is 28.8. The van der Waals surface area contributed by atoms with Crippen LogP contribution < -0.4 is 9.62 Å². The number of nitrogens with zero attached hydrogens (tertiary/aromatic N) is 3. The molecule has 2 aliphatic carbocycles. The first-order valence-corrected chi connectivity index (χ1v) is 14.5. The number of likely N-dealkylation sites (N-methyl/N-ethyl adjacent to an activating group) is 1. The van der Waals surface area contributed by atoms with Gasteiger partial charge in [0.25, 0.3) is 21.6 Å². The molecule has 3 aliphatic rings. The van der Waals surface area contributed by atoms with Crippen molar-refractivity contribution in [3.63, 3.8) is 0 Å². The van der Waals surface area contributed by atoms with E-state index in [1.54, 1.807) is 11.0 Å². The van der Waals surface area contributed by atoms with Crippen molar-refractivity contribution in [3.05, 3.63) is 85.6 Å². The minimum atomic E-state index is -4.25. The van der Waals surface area contributed by atoms with Crippen LogP contribution in [0.2, 0.25) is 0 Å². The average molecular weight is 590 g/mol. The van der Waals surface area contributed by atoms with Crippen LogP contribution in [0.25, 0.3) is 10.9 Å². The number of carbonyl (C=O) groups is 1. The van der Waals surface area contributed by atoms with Crippen molar-refractivity contribution in [2.45, 2.75) is 12.5 Å². The average Bonchev–Trinajstić information content (AvgIpc) is 3.53. The standard InChI is InChI=1S/C26H28ClN5O7S/c1-30(2)7-8-39-17-3-6-21-15(9-17)10-22(28-21)26(33)31-14-16(13-27)25-19-5-4-18(40(37,38)29-34)11-20(19)23(32(35)36)12-24(25)31/h3-6,9-11,19,24,28-29,34H,7-8,12-14H2,1-2H3. The van der Waals surface area contributed by atoms with E-state index in [1.165, 1.54) is 23.1 Å². The van der Waals surface area contributed by atoms with Gasteiger partial charge in [0, 0.05) is 41.4 Å². The molecule has 1 aromatic heterocycles. The van der Waals surface area contributed by atoms with Gasteiger partial charge in [-0.1, -0.05) is 11.0 Å². The van der Waals surface area contributed by atoms with E-state index < -0.39 is 26.9 Å². The number of carbonyl (C=O) groups excluding carboxylic acids is 1. The van der Waals surface area contributed by atoms with Gasteiger partial charge in [-0.25, -0.2) is 8.42 Å². The molecule has 0 saturated carbocycles. The molecule has 0 spiro atoms. The number of ether oxygens (including phenoxy) is 1. The number of H-pyrrole nitrogens is 1. The highest BCUT2D eigenvalue weighted by atomic mass is 35.5. The molecule has 0 fully saturated rings. The van der Waals surface area contributed by atoms with E-state index in [0.29, 0.717) is 18.1 Å². The Kier molecular flexibility index (Phi) is 7.59. The van der Waals surface area contributed by atoms with Gasteiger partial charge in [0.05, 0.1) is 22.3 Å². The molecule has 2 aromatic rings. The number of rotatable bonds is 9. The highest BCUT2D eigenvalue weighted by Gasteiger charge is 2.47. The van der Waals surface area contributed by atoms with Crippen molar-refractivity contribution >= 4 is 38.4 Å². The SMILES string of the molecule is CN(C)CCOc1ccc2[nH]c(C(=O)N3CC(CCl)=C4C5C=CC(S(=O)(=O)NO)=CC5=C([N+](=O)[O-])CC43)cc2c1. The maximum Gasteiger partial charge on any atom is 0.271 e. The number of benzene rings is 1. The number of hydrogen-bond acceptors (Lipinski definition) is 8. The molecule has 12 nitrogen and oxygen atoms in total. The molecule has 212 valence electrons. The van der Waals surface area contributed by atoms with Crippen LogP contribution in [0, 0.1) is 16.0 Å². The monoisotopic (exact) mass is 589 g/mol. The topological polar surface area (TPSA) is 158 Å². The highest BCUT2D eigenvalue weighted by molar-refractivity contribution is 7.93. The number of nitrogens with one attached hydrogen (secondary N) is 2. The van der Waals surface area contributed by atoms with Crippen LogP contribution in [0.5, 0.6) is 5.75 Å². The normalized spacial score (nSPS) is 20.7. The summed E-state index contributed by atoms with van der Waals surface area (Å²) in [5.74, 6) is -0.178. The number of hydrogen-bond donors (Lipinski definition) is 3. The first-order chi connectivity index (χ1) is 19.0. The summed E-state index contributed by atoms with van der Waals surface area (Å²) in [6.07, 6.45) is 3.89. The maximum absolute atomic E-state index is 13.8. The number of fused-ring (bicyclic) bond motifs is 4. The Morgan fingerprint density at radius 1 is 1.35 bits per heavy atom. The lowest BCUT2D eigenvalue weighted by molar-refractivity contribution is -0.430. The fourth-order valence-corrected chi connectivity index (χ4v) is 6.31. The van der Waals surface area contributed by atoms with E-state index in [9.17, 15) is 23.3 Å². The molecule has 3 N–H and O–H groups in total. The molecule has 2 heterocycles. The minimum Gasteiger partial charge on any atom is -0.492 e. The molecule has 0 bridgehead atoms. The summed E-state index contributed by atoms with van der Waals surface area (Å²) in [7, 11) is -0.329. The lowest BCUT2D eigenvalue weighted by Crippen LogP contribution is -2.42. The molecule has 40 heavy (non-hydrogen) atoms. The second kappa shape index (κ2) is 10.8. The number of aromatic nitrogens is 1. The molecule has 2 unspecified atom stereocenters. The van der Waals surface area contributed by atoms with Gasteiger partial charge in [0.1, 0.15) is 18.1 Å². The van der Waals surface area contributed by atoms with E-state index in [-0.39, 0.29) is 40.9 Å². The van der Waals surface area contributed by atoms with Gasteiger partial charge in [0.15, 0.2) is 0 Å². The van der Waals surface area contributed by atoms with Crippen molar-refractivity contribution in [1.29, 1.82) is 0 Å². The zero-order valence-electron chi connectivity index (χ0n) is 21.8. The van der Waals surface area contributed by atoms with E-state index in [4.69, 9.17) is 21.5 Å². The molecular formula is C26H28ClN5O7S. The molecule has 14 heteroatoms. The number of sulfonamides is 1. The van der Waals surface area contributed by atoms with E-state index in [2.05, 4.69) is 4.98 Å². The van der Waals surface area contributed by atoms with Crippen LogP contribution in [-0.4, -0.2) is 85.0 Å². The van der Waals surface area contributed by atoms with Crippen molar-refractivity contribution in [3.8, 4) is 5.75 Å². The number of allylic oxidation sites excluding steroid dienone is 4. The molecular weight excluding hydrogens is 562 g/mol. The number of nitro groups is 1. The lowest BCUT2D eigenvalue weighted by atomic mass is 9.76. The minimum absolute atomic E-state index is 0.106. The predicted octanol–water partition coefficient (Wildman–Crippen LogP) is 2.78. The van der Waals surface area contributed by atoms with Crippen molar-refractivity contribution < 1.29 is 28.1 Å². The summed E-state index contributed by atoms with van der Waals surface area (Å²) in [5.41, 5.74) is 2.57. The number of amides is 1. The molecule has 0 saturated heterocycles.